The van der Waals surface area contributed by atoms with Gasteiger partial charge >= 0.3 is 6.03 Å². The second-order valence-electron chi connectivity index (χ2n) is 3.82. The number of hydrogen-bond acceptors (Lipinski definition) is 4. The van der Waals surface area contributed by atoms with Crippen LogP contribution in [0.3, 0.4) is 0 Å². The summed E-state index contributed by atoms with van der Waals surface area (Å²) in [5.74, 6) is -0.802. The molecule has 6 nitrogen and oxygen atoms in total. The Labute approximate surface area is 99.4 Å². The van der Waals surface area contributed by atoms with Crippen LogP contribution in [-0.4, -0.2) is 53.8 Å². The molecule has 1 N–H and O–H groups in total. The zero-order valence-electron chi connectivity index (χ0n) is 8.93. The summed E-state index contributed by atoms with van der Waals surface area (Å²) in [7, 11) is 1.41. The van der Waals surface area contributed by atoms with E-state index in [2.05, 4.69) is 5.32 Å². The van der Waals surface area contributed by atoms with E-state index in [1.54, 1.807) is 0 Å². The van der Waals surface area contributed by atoms with Crippen molar-refractivity contribution >= 4 is 30.3 Å². The van der Waals surface area contributed by atoms with E-state index >= 15 is 0 Å². The Morgan fingerprint density at radius 3 is 2.50 bits per heavy atom. The monoisotopic (exact) mass is 247 g/mol. The minimum Gasteiger partial charge on any atom is -0.315 e. The first-order chi connectivity index (χ1) is 7.11. The number of carbonyl (C=O) groups is 3. The lowest BCUT2D eigenvalue weighted by Gasteiger charge is -2.33. The lowest BCUT2D eigenvalue weighted by Crippen LogP contribution is -2.57. The number of barbiturate groups is 1. The summed E-state index contributed by atoms with van der Waals surface area (Å²) in [5.41, 5.74) is 0. The molecule has 0 aromatic heterocycles. The van der Waals surface area contributed by atoms with Crippen LogP contribution in [0.15, 0.2) is 0 Å². The molecular formula is C9H14ClN3O3. The van der Waals surface area contributed by atoms with E-state index in [9.17, 15) is 14.4 Å². The Balaban J connectivity index is 0.00000128. The molecule has 0 aliphatic carbocycles. The smallest absolute Gasteiger partial charge is 0.315 e. The number of hydrogen-bond donors (Lipinski definition) is 1. The molecule has 2 heterocycles. The van der Waals surface area contributed by atoms with Crippen LogP contribution < -0.4 is 5.32 Å². The Bertz CT molecular complexity index is 328. The summed E-state index contributed by atoms with van der Waals surface area (Å²) in [6.45, 7) is 1.43. The van der Waals surface area contributed by atoms with E-state index in [0.29, 0.717) is 6.54 Å². The fourth-order valence-electron chi connectivity index (χ4n) is 1.93. The van der Waals surface area contributed by atoms with Crippen LogP contribution in [0.4, 0.5) is 4.79 Å². The van der Waals surface area contributed by atoms with Crippen LogP contribution in [0.5, 0.6) is 0 Å². The zero-order valence-corrected chi connectivity index (χ0v) is 9.75. The maximum Gasteiger partial charge on any atom is 0.333 e. The molecule has 2 aliphatic heterocycles. The van der Waals surface area contributed by atoms with Crippen molar-refractivity contribution in [2.75, 3.05) is 20.1 Å². The Morgan fingerprint density at radius 2 is 1.94 bits per heavy atom. The molecule has 4 amide bonds. The molecule has 0 bridgehead atoms. The first-order valence-electron chi connectivity index (χ1n) is 4.94. The van der Waals surface area contributed by atoms with Crippen molar-refractivity contribution in [3.63, 3.8) is 0 Å². The fourth-order valence-corrected chi connectivity index (χ4v) is 1.93. The Morgan fingerprint density at radius 1 is 1.25 bits per heavy atom. The molecule has 0 radical (unpaired) electrons. The van der Waals surface area contributed by atoms with Crippen molar-refractivity contribution in [2.45, 2.75) is 18.9 Å². The Kier molecular flexibility index (Phi) is 3.88. The second kappa shape index (κ2) is 4.80. The van der Waals surface area contributed by atoms with Gasteiger partial charge in [-0.2, -0.15) is 0 Å². The van der Waals surface area contributed by atoms with Gasteiger partial charge in [0.1, 0.15) is 6.42 Å². The topological polar surface area (TPSA) is 69.7 Å². The third kappa shape index (κ3) is 2.03. The normalized spacial score (nSPS) is 26.1. The van der Waals surface area contributed by atoms with Gasteiger partial charge in [0.25, 0.3) is 0 Å². The van der Waals surface area contributed by atoms with E-state index in [1.165, 1.54) is 11.9 Å². The number of amides is 4. The van der Waals surface area contributed by atoms with Crippen molar-refractivity contribution < 1.29 is 14.4 Å². The first kappa shape index (κ1) is 12.9. The number of nitrogens with one attached hydrogen (secondary N) is 1. The number of rotatable bonds is 1. The molecule has 2 rings (SSSR count). The van der Waals surface area contributed by atoms with Gasteiger partial charge in [0, 0.05) is 13.6 Å². The number of nitrogens with zero attached hydrogens (tertiary/aromatic N) is 2. The first-order valence-corrected chi connectivity index (χ1v) is 4.94. The van der Waals surface area contributed by atoms with Gasteiger partial charge in [0.15, 0.2) is 0 Å². The van der Waals surface area contributed by atoms with Crippen molar-refractivity contribution in [2.24, 2.45) is 0 Å². The summed E-state index contributed by atoms with van der Waals surface area (Å²) in [5, 5.41) is 3.09. The molecule has 0 aromatic carbocycles. The van der Waals surface area contributed by atoms with E-state index < -0.39 is 11.9 Å². The lowest BCUT2D eigenvalue weighted by molar-refractivity contribution is -0.142. The van der Waals surface area contributed by atoms with Gasteiger partial charge in [0.05, 0.1) is 6.04 Å². The summed E-state index contributed by atoms with van der Waals surface area (Å²) in [6.07, 6.45) is 0.568. The molecule has 7 heteroatoms. The molecule has 1 atom stereocenters. The third-order valence-corrected chi connectivity index (χ3v) is 2.84. The molecular weight excluding hydrogens is 234 g/mol. The highest BCUT2D eigenvalue weighted by molar-refractivity contribution is 6.14. The number of urea groups is 1. The predicted octanol–water partition coefficient (Wildman–Crippen LogP) is -0.419. The highest BCUT2D eigenvalue weighted by Crippen LogP contribution is 2.17. The van der Waals surface area contributed by atoms with Crippen LogP contribution in [0.1, 0.15) is 12.8 Å². The quantitative estimate of drug-likeness (QED) is 0.639. The van der Waals surface area contributed by atoms with Gasteiger partial charge in [-0.15, -0.1) is 12.4 Å². The Hall–Kier alpha value is -1.14. The van der Waals surface area contributed by atoms with Crippen molar-refractivity contribution in [3.8, 4) is 0 Å². The molecule has 2 saturated heterocycles. The maximum absolute atomic E-state index is 11.7. The van der Waals surface area contributed by atoms with Crippen molar-refractivity contribution in [1.29, 1.82) is 0 Å². The highest BCUT2D eigenvalue weighted by atomic mass is 35.5. The summed E-state index contributed by atoms with van der Waals surface area (Å²) >= 11 is 0. The molecule has 0 saturated carbocycles. The summed E-state index contributed by atoms with van der Waals surface area (Å²) in [6, 6.07) is -0.592. The molecule has 2 aliphatic rings. The molecule has 1 unspecified atom stereocenters. The van der Waals surface area contributed by atoms with E-state index in [-0.39, 0.29) is 30.8 Å². The number of carbonyl (C=O) groups excluding carboxylic acids is 3. The van der Waals surface area contributed by atoms with Crippen LogP contribution in [0.25, 0.3) is 0 Å². The standard InChI is InChI=1S/C9H13N3O3.ClH/c1-11-7(13)4-8(14)12(9(11)15)6-2-3-10-5-6;/h6,10H,2-5H2,1H3;1H. The van der Waals surface area contributed by atoms with Crippen LogP contribution in [0.2, 0.25) is 0 Å². The molecule has 90 valence electrons. The zero-order chi connectivity index (χ0) is 11.0. The number of halogens is 1. The van der Waals surface area contributed by atoms with Crippen LogP contribution in [-0.2, 0) is 9.59 Å². The average molecular weight is 248 g/mol. The highest BCUT2D eigenvalue weighted by Gasteiger charge is 2.40. The molecule has 0 spiro atoms. The predicted molar refractivity (Wildman–Crippen MR) is 58.2 cm³/mol. The van der Waals surface area contributed by atoms with E-state index in [0.717, 1.165) is 17.9 Å². The van der Waals surface area contributed by atoms with Gasteiger partial charge in [-0.25, -0.2) is 4.79 Å². The largest absolute Gasteiger partial charge is 0.333 e. The SMILES string of the molecule is CN1C(=O)CC(=O)N(C2CCNC2)C1=O.Cl. The van der Waals surface area contributed by atoms with Crippen molar-refractivity contribution in [3.05, 3.63) is 0 Å². The van der Waals surface area contributed by atoms with E-state index in [4.69, 9.17) is 0 Å². The lowest BCUT2D eigenvalue weighted by atomic mass is 10.1. The van der Waals surface area contributed by atoms with Crippen molar-refractivity contribution in [1.82, 2.24) is 15.1 Å². The molecule has 2 fully saturated rings. The van der Waals surface area contributed by atoms with Crippen LogP contribution in [0, 0.1) is 0 Å². The van der Waals surface area contributed by atoms with Crippen LogP contribution >= 0.6 is 12.4 Å². The van der Waals surface area contributed by atoms with Gasteiger partial charge in [-0.05, 0) is 13.0 Å². The third-order valence-electron chi connectivity index (χ3n) is 2.84. The molecule has 16 heavy (non-hydrogen) atoms. The minimum atomic E-state index is -0.495. The van der Waals surface area contributed by atoms with E-state index in [1.807, 2.05) is 0 Å². The van der Waals surface area contributed by atoms with Gasteiger partial charge in [-0.3, -0.25) is 19.4 Å². The average Bonchev–Trinajstić information content (AvgIpc) is 2.68. The molecule has 0 aromatic rings. The second-order valence-corrected chi connectivity index (χ2v) is 3.82. The van der Waals surface area contributed by atoms with Gasteiger partial charge in [-0.1, -0.05) is 0 Å². The minimum absolute atomic E-state index is 0. The summed E-state index contributed by atoms with van der Waals surface area (Å²) < 4.78 is 0. The van der Waals surface area contributed by atoms with Gasteiger partial charge in [0.2, 0.25) is 11.8 Å². The summed E-state index contributed by atoms with van der Waals surface area (Å²) in [4.78, 5) is 36.7. The maximum atomic E-state index is 11.7. The number of imide groups is 2. The fraction of sp³-hybridized carbons (Fsp3) is 0.667. The van der Waals surface area contributed by atoms with Gasteiger partial charge < -0.3 is 5.32 Å².